The number of carbonyl (C=O) groups excluding carboxylic acids is 1. The number of hydrogen-bond acceptors (Lipinski definition) is 3. The lowest BCUT2D eigenvalue weighted by atomic mass is 9.99. The van der Waals surface area contributed by atoms with Crippen LogP contribution in [0.15, 0.2) is 24.4 Å². The zero-order valence-electron chi connectivity index (χ0n) is 12.0. The van der Waals surface area contributed by atoms with Gasteiger partial charge >= 0.3 is 0 Å². The van der Waals surface area contributed by atoms with Gasteiger partial charge in [-0.25, -0.2) is 0 Å². The van der Waals surface area contributed by atoms with Gasteiger partial charge in [-0.15, -0.1) is 0 Å². The van der Waals surface area contributed by atoms with Crippen LogP contribution in [0.2, 0.25) is 0 Å². The van der Waals surface area contributed by atoms with Gasteiger partial charge in [-0.2, -0.15) is 0 Å². The predicted molar refractivity (Wildman–Crippen MR) is 78.2 cm³/mol. The highest BCUT2D eigenvalue weighted by molar-refractivity contribution is 5.78. The summed E-state index contributed by atoms with van der Waals surface area (Å²) in [4.78, 5) is 20.7. The van der Waals surface area contributed by atoms with E-state index in [1.165, 1.54) is 25.0 Å². The smallest absolute Gasteiger partial charge is 0.222 e. The van der Waals surface area contributed by atoms with Crippen LogP contribution >= 0.6 is 0 Å². The van der Waals surface area contributed by atoms with Crippen molar-refractivity contribution in [3.8, 4) is 0 Å². The van der Waals surface area contributed by atoms with E-state index < -0.39 is 0 Å². The summed E-state index contributed by atoms with van der Waals surface area (Å²) in [6.45, 7) is 3.93. The Morgan fingerprint density at radius 2 is 2.10 bits per heavy atom. The summed E-state index contributed by atoms with van der Waals surface area (Å²) >= 11 is 0. The van der Waals surface area contributed by atoms with Crippen molar-refractivity contribution in [3.05, 3.63) is 30.1 Å². The minimum absolute atomic E-state index is 0.330. The maximum atomic E-state index is 11.7. The maximum Gasteiger partial charge on any atom is 0.222 e. The Morgan fingerprint density at radius 3 is 2.85 bits per heavy atom. The Hall–Kier alpha value is -1.42. The molecular weight excluding hydrogens is 250 g/mol. The van der Waals surface area contributed by atoms with Gasteiger partial charge in [0.25, 0.3) is 0 Å². The normalized spacial score (nSPS) is 24.3. The molecule has 0 aliphatic carbocycles. The van der Waals surface area contributed by atoms with Gasteiger partial charge in [0.2, 0.25) is 5.91 Å². The number of pyridine rings is 1. The fourth-order valence-corrected chi connectivity index (χ4v) is 3.36. The summed E-state index contributed by atoms with van der Waals surface area (Å²) in [6, 6.07) is 6.60. The van der Waals surface area contributed by atoms with Gasteiger partial charge in [-0.05, 0) is 37.9 Å². The van der Waals surface area contributed by atoms with Crippen molar-refractivity contribution in [2.75, 3.05) is 26.2 Å². The minimum Gasteiger partial charge on any atom is -0.341 e. The Balaban J connectivity index is 1.62. The number of nitrogens with zero attached hydrogens (tertiary/aromatic N) is 3. The van der Waals surface area contributed by atoms with E-state index in [-0.39, 0.29) is 0 Å². The van der Waals surface area contributed by atoms with Crippen LogP contribution in [0.1, 0.15) is 43.8 Å². The van der Waals surface area contributed by atoms with E-state index in [1.54, 1.807) is 0 Å². The first kappa shape index (κ1) is 13.6. The molecule has 2 aliphatic heterocycles. The Bertz CT molecular complexity index is 448. The number of amides is 1. The van der Waals surface area contributed by atoms with Crippen molar-refractivity contribution < 1.29 is 4.79 Å². The topological polar surface area (TPSA) is 36.4 Å². The van der Waals surface area contributed by atoms with Crippen molar-refractivity contribution in [1.29, 1.82) is 0 Å². The Morgan fingerprint density at radius 1 is 1.15 bits per heavy atom. The molecule has 0 saturated carbocycles. The van der Waals surface area contributed by atoms with Crippen LogP contribution in [-0.4, -0.2) is 46.9 Å². The number of piperidine rings is 1. The van der Waals surface area contributed by atoms with E-state index >= 15 is 0 Å². The molecule has 0 spiro atoms. The zero-order valence-corrected chi connectivity index (χ0v) is 12.0. The van der Waals surface area contributed by atoms with Crippen LogP contribution < -0.4 is 0 Å². The molecule has 0 radical (unpaired) electrons. The minimum atomic E-state index is 0.330. The average Bonchev–Trinajstić information content (AvgIpc) is 2.92. The monoisotopic (exact) mass is 273 g/mol. The number of aromatic nitrogens is 1. The molecular formula is C16H23N3O. The summed E-state index contributed by atoms with van der Waals surface area (Å²) in [5.74, 6) is 0.330. The van der Waals surface area contributed by atoms with E-state index in [4.69, 9.17) is 0 Å². The molecule has 108 valence electrons. The number of carbonyl (C=O) groups is 1. The molecule has 4 nitrogen and oxygen atoms in total. The van der Waals surface area contributed by atoms with Crippen LogP contribution in [0.3, 0.4) is 0 Å². The van der Waals surface area contributed by atoms with Crippen molar-refractivity contribution in [1.82, 2.24) is 14.8 Å². The van der Waals surface area contributed by atoms with Crippen molar-refractivity contribution in [3.63, 3.8) is 0 Å². The molecule has 0 bridgehead atoms. The lowest BCUT2D eigenvalue weighted by Gasteiger charge is -2.36. The van der Waals surface area contributed by atoms with Crippen molar-refractivity contribution in [2.45, 2.75) is 38.1 Å². The van der Waals surface area contributed by atoms with Crippen molar-refractivity contribution >= 4 is 5.91 Å². The molecule has 2 saturated heterocycles. The van der Waals surface area contributed by atoms with Crippen LogP contribution in [0.25, 0.3) is 0 Å². The van der Waals surface area contributed by atoms with Gasteiger partial charge in [0.1, 0.15) is 0 Å². The third-order valence-corrected chi connectivity index (χ3v) is 4.47. The SMILES string of the molecule is O=C1CCCN1CCN1CCCC[C@@H]1c1ccccn1. The van der Waals surface area contributed by atoms with E-state index in [9.17, 15) is 4.79 Å². The van der Waals surface area contributed by atoms with Gasteiger partial charge in [0.15, 0.2) is 0 Å². The molecule has 1 aromatic heterocycles. The molecule has 0 unspecified atom stereocenters. The van der Waals surface area contributed by atoms with Crippen molar-refractivity contribution in [2.24, 2.45) is 0 Å². The van der Waals surface area contributed by atoms with E-state index in [0.29, 0.717) is 11.9 Å². The summed E-state index contributed by atoms with van der Waals surface area (Å²) in [6.07, 6.45) is 7.38. The lowest BCUT2D eigenvalue weighted by molar-refractivity contribution is -0.128. The molecule has 2 fully saturated rings. The second-order valence-corrected chi connectivity index (χ2v) is 5.79. The van der Waals surface area contributed by atoms with Gasteiger partial charge in [-0.3, -0.25) is 14.7 Å². The van der Waals surface area contributed by atoms with E-state index in [1.807, 2.05) is 17.2 Å². The summed E-state index contributed by atoms with van der Waals surface area (Å²) in [5, 5.41) is 0. The van der Waals surface area contributed by atoms with E-state index in [2.05, 4.69) is 22.0 Å². The molecule has 4 heteroatoms. The Labute approximate surface area is 120 Å². The number of likely N-dealkylation sites (tertiary alicyclic amines) is 2. The highest BCUT2D eigenvalue weighted by atomic mass is 16.2. The highest BCUT2D eigenvalue weighted by Crippen LogP contribution is 2.29. The summed E-state index contributed by atoms with van der Waals surface area (Å²) in [7, 11) is 0. The molecule has 3 heterocycles. The molecule has 3 rings (SSSR count). The van der Waals surface area contributed by atoms with E-state index in [0.717, 1.165) is 39.0 Å². The van der Waals surface area contributed by atoms with Gasteiger partial charge in [0.05, 0.1) is 11.7 Å². The predicted octanol–water partition coefficient (Wildman–Crippen LogP) is 2.23. The van der Waals surface area contributed by atoms with Crippen LogP contribution in [0, 0.1) is 0 Å². The maximum absolute atomic E-state index is 11.7. The second kappa shape index (κ2) is 6.35. The van der Waals surface area contributed by atoms with Gasteiger partial charge < -0.3 is 4.90 Å². The summed E-state index contributed by atoms with van der Waals surface area (Å²) < 4.78 is 0. The van der Waals surface area contributed by atoms with Crippen LogP contribution in [0.5, 0.6) is 0 Å². The molecule has 20 heavy (non-hydrogen) atoms. The molecule has 2 aliphatic rings. The molecule has 1 aromatic rings. The first-order valence-corrected chi connectivity index (χ1v) is 7.77. The standard InChI is InChI=1S/C16H23N3O/c20-16-8-5-11-19(16)13-12-18-10-4-2-7-15(18)14-6-1-3-9-17-14/h1,3,6,9,15H,2,4-5,7-8,10-13H2/t15-/m1/s1. The first-order valence-electron chi connectivity index (χ1n) is 7.77. The molecule has 0 aromatic carbocycles. The van der Waals surface area contributed by atoms with Crippen LogP contribution in [0.4, 0.5) is 0 Å². The summed E-state index contributed by atoms with van der Waals surface area (Å²) in [5.41, 5.74) is 1.18. The number of rotatable bonds is 4. The Kier molecular flexibility index (Phi) is 4.31. The fraction of sp³-hybridized carbons (Fsp3) is 0.625. The van der Waals surface area contributed by atoms with Crippen LogP contribution in [-0.2, 0) is 4.79 Å². The zero-order chi connectivity index (χ0) is 13.8. The number of hydrogen-bond donors (Lipinski definition) is 0. The molecule has 0 N–H and O–H groups in total. The second-order valence-electron chi connectivity index (χ2n) is 5.79. The molecule has 1 amide bonds. The van der Waals surface area contributed by atoms with Gasteiger partial charge in [-0.1, -0.05) is 12.5 Å². The highest BCUT2D eigenvalue weighted by Gasteiger charge is 2.26. The molecule has 1 atom stereocenters. The fourth-order valence-electron chi connectivity index (χ4n) is 3.36. The average molecular weight is 273 g/mol. The third kappa shape index (κ3) is 3.01. The largest absolute Gasteiger partial charge is 0.341 e. The third-order valence-electron chi connectivity index (χ3n) is 4.47. The quantitative estimate of drug-likeness (QED) is 0.844. The lowest BCUT2D eigenvalue weighted by Crippen LogP contribution is -2.40. The first-order chi connectivity index (χ1) is 9.84. The van der Waals surface area contributed by atoms with Gasteiger partial charge in [0, 0.05) is 32.3 Å².